The van der Waals surface area contributed by atoms with Gasteiger partial charge in [-0.25, -0.2) is 0 Å². The molecule has 3 aromatic carbocycles. The molecule has 0 aromatic heterocycles. The summed E-state index contributed by atoms with van der Waals surface area (Å²) in [6, 6.07) is 22.8. The van der Waals surface area contributed by atoms with Crippen LogP contribution in [0.3, 0.4) is 0 Å². The van der Waals surface area contributed by atoms with E-state index in [0.717, 1.165) is 11.1 Å². The number of hydrogen-bond donors (Lipinski definition) is 0. The van der Waals surface area contributed by atoms with E-state index in [9.17, 15) is 8.42 Å². The molecule has 0 N–H and O–H groups in total. The van der Waals surface area contributed by atoms with Crippen LogP contribution in [-0.4, -0.2) is 32.8 Å². The molecule has 30 heavy (non-hydrogen) atoms. The number of ether oxygens (including phenoxy) is 2. The van der Waals surface area contributed by atoms with Gasteiger partial charge in [0.15, 0.2) is 0 Å². The third kappa shape index (κ3) is 3.64. The zero-order valence-electron chi connectivity index (χ0n) is 16.7. The van der Waals surface area contributed by atoms with Crippen LogP contribution in [0.5, 0.6) is 11.5 Å². The van der Waals surface area contributed by atoms with Crippen LogP contribution in [-0.2, 0) is 10.0 Å². The molecule has 0 spiro atoms. The Bertz CT molecular complexity index is 1160. The van der Waals surface area contributed by atoms with Crippen LogP contribution in [0.4, 0.5) is 0 Å². The molecule has 0 unspecified atom stereocenters. The third-order valence-corrected chi connectivity index (χ3v) is 6.76. The molecule has 3 aromatic rings. The first-order valence-corrected chi connectivity index (χ1v) is 10.9. The Labute approximate surface area is 176 Å². The van der Waals surface area contributed by atoms with E-state index >= 15 is 0 Å². The van der Waals surface area contributed by atoms with Gasteiger partial charge in [-0.3, -0.25) is 0 Å². The minimum Gasteiger partial charge on any atom is -0.497 e. The van der Waals surface area contributed by atoms with Crippen LogP contribution >= 0.6 is 0 Å². The van der Waals surface area contributed by atoms with Crippen molar-refractivity contribution in [2.24, 2.45) is 5.10 Å². The van der Waals surface area contributed by atoms with E-state index in [1.165, 1.54) is 4.41 Å². The van der Waals surface area contributed by atoms with E-state index < -0.39 is 16.1 Å². The van der Waals surface area contributed by atoms with Gasteiger partial charge in [0.1, 0.15) is 11.5 Å². The molecule has 0 amide bonds. The van der Waals surface area contributed by atoms with Crippen molar-refractivity contribution in [3.8, 4) is 11.5 Å². The summed E-state index contributed by atoms with van der Waals surface area (Å²) >= 11 is 0. The van der Waals surface area contributed by atoms with Crippen LogP contribution in [0.2, 0.25) is 0 Å². The molecule has 0 aliphatic carbocycles. The molecule has 1 aliphatic heterocycles. The van der Waals surface area contributed by atoms with Gasteiger partial charge in [-0.1, -0.05) is 48.5 Å². The maximum Gasteiger partial charge on any atom is 0.279 e. The molecule has 7 heteroatoms. The number of hydrogen-bond acceptors (Lipinski definition) is 5. The number of hydrazone groups is 1. The number of benzene rings is 3. The molecular weight excluding hydrogens is 400 g/mol. The van der Waals surface area contributed by atoms with Crippen LogP contribution in [0, 0.1) is 0 Å². The van der Waals surface area contributed by atoms with Gasteiger partial charge in [-0.2, -0.15) is 17.9 Å². The standard InChI is InChI=1S/C23H22N2O4S/c1-28-18-13-14-20(23(15-18)29-2)22-16-21(17-9-5-3-6-10-17)24-25(22)30(26,27)19-11-7-4-8-12-19/h3-15,22H,16H2,1-2H3/t22-/m0/s1. The average Bonchev–Trinajstić information content (AvgIpc) is 3.26. The van der Waals surface area contributed by atoms with Gasteiger partial charge in [0.25, 0.3) is 10.0 Å². The summed E-state index contributed by atoms with van der Waals surface area (Å²) in [6.45, 7) is 0. The summed E-state index contributed by atoms with van der Waals surface area (Å²) in [5.74, 6) is 1.19. The number of sulfonamides is 1. The van der Waals surface area contributed by atoms with Crippen molar-refractivity contribution in [2.75, 3.05) is 14.2 Å². The number of nitrogens with zero attached hydrogens (tertiary/aromatic N) is 2. The topological polar surface area (TPSA) is 68.2 Å². The second-order valence-corrected chi connectivity index (χ2v) is 8.63. The zero-order chi connectivity index (χ0) is 21.1. The van der Waals surface area contributed by atoms with E-state index in [0.29, 0.717) is 23.6 Å². The molecular formula is C23H22N2O4S. The maximum atomic E-state index is 13.5. The Hall–Kier alpha value is -3.32. The molecule has 1 heterocycles. The van der Waals surface area contributed by atoms with Gasteiger partial charge in [0, 0.05) is 18.1 Å². The van der Waals surface area contributed by atoms with Crippen LogP contribution in [0.15, 0.2) is 88.9 Å². The van der Waals surface area contributed by atoms with Crippen molar-refractivity contribution in [3.63, 3.8) is 0 Å². The van der Waals surface area contributed by atoms with Crippen molar-refractivity contribution >= 4 is 15.7 Å². The fourth-order valence-electron chi connectivity index (χ4n) is 3.54. The van der Waals surface area contributed by atoms with Crippen molar-refractivity contribution in [2.45, 2.75) is 17.4 Å². The largest absolute Gasteiger partial charge is 0.497 e. The summed E-state index contributed by atoms with van der Waals surface area (Å²) in [5.41, 5.74) is 2.33. The Morgan fingerprint density at radius 3 is 2.20 bits per heavy atom. The van der Waals surface area contributed by atoms with Crippen LogP contribution in [0.1, 0.15) is 23.6 Å². The molecule has 0 fully saturated rings. The molecule has 0 radical (unpaired) electrons. The van der Waals surface area contributed by atoms with Crippen molar-refractivity contribution in [1.29, 1.82) is 0 Å². The molecule has 4 rings (SSSR count). The Morgan fingerprint density at radius 2 is 1.57 bits per heavy atom. The molecule has 0 bridgehead atoms. The second kappa shape index (κ2) is 8.20. The Balaban J connectivity index is 1.83. The predicted molar refractivity (Wildman–Crippen MR) is 115 cm³/mol. The molecule has 154 valence electrons. The third-order valence-electron chi connectivity index (χ3n) is 5.07. The SMILES string of the molecule is COc1ccc([C@@H]2CC(c3ccccc3)=NN2S(=O)(=O)c2ccccc2)c(OC)c1. The second-order valence-electron chi connectivity index (χ2n) is 6.83. The van der Waals surface area contributed by atoms with Crippen molar-refractivity contribution < 1.29 is 17.9 Å². The first kappa shape index (κ1) is 20.0. The van der Waals surface area contributed by atoms with Crippen LogP contribution < -0.4 is 9.47 Å². The summed E-state index contributed by atoms with van der Waals surface area (Å²) in [5, 5.41) is 4.56. The highest BCUT2D eigenvalue weighted by molar-refractivity contribution is 7.89. The normalized spacial score (nSPS) is 16.3. The van der Waals surface area contributed by atoms with E-state index in [1.54, 1.807) is 56.7 Å². The minimum atomic E-state index is -3.86. The monoisotopic (exact) mass is 422 g/mol. The van der Waals surface area contributed by atoms with E-state index in [-0.39, 0.29) is 4.90 Å². The first-order chi connectivity index (χ1) is 14.5. The summed E-state index contributed by atoms with van der Waals surface area (Å²) < 4.78 is 39.0. The van der Waals surface area contributed by atoms with Gasteiger partial charge >= 0.3 is 0 Å². The lowest BCUT2D eigenvalue weighted by Gasteiger charge is -2.25. The Kier molecular flexibility index (Phi) is 5.46. The van der Waals surface area contributed by atoms with Gasteiger partial charge in [-0.05, 0) is 29.8 Å². The minimum absolute atomic E-state index is 0.195. The summed E-state index contributed by atoms with van der Waals surface area (Å²) in [7, 11) is -0.725. The Morgan fingerprint density at radius 1 is 0.900 bits per heavy atom. The maximum absolute atomic E-state index is 13.5. The highest BCUT2D eigenvalue weighted by Crippen LogP contribution is 2.41. The molecule has 0 saturated heterocycles. The van der Waals surface area contributed by atoms with Crippen LogP contribution in [0.25, 0.3) is 0 Å². The van der Waals surface area contributed by atoms with Gasteiger partial charge < -0.3 is 9.47 Å². The van der Waals surface area contributed by atoms with E-state index in [1.807, 2.05) is 36.4 Å². The fourth-order valence-corrected chi connectivity index (χ4v) is 4.99. The molecule has 6 nitrogen and oxygen atoms in total. The molecule has 0 saturated carbocycles. The quantitative estimate of drug-likeness (QED) is 0.596. The fraction of sp³-hybridized carbons (Fsp3) is 0.174. The number of methoxy groups -OCH3 is 2. The molecule has 1 atom stereocenters. The first-order valence-electron chi connectivity index (χ1n) is 9.49. The predicted octanol–water partition coefficient (Wildman–Crippen LogP) is 4.24. The number of rotatable bonds is 6. The molecule has 1 aliphatic rings. The lowest BCUT2D eigenvalue weighted by molar-refractivity contribution is 0.347. The summed E-state index contributed by atoms with van der Waals surface area (Å²) in [6.07, 6.45) is 0.429. The smallest absolute Gasteiger partial charge is 0.279 e. The van der Waals surface area contributed by atoms with Gasteiger partial charge in [0.2, 0.25) is 0 Å². The van der Waals surface area contributed by atoms with E-state index in [2.05, 4.69) is 5.10 Å². The highest BCUT2D eigenvalue weighted by Gasteiger charge is 2.39. The van der Waals surface area contributed by atoms with Gasteiger partial charge in [0.05, 0.1) is 30.9 Å². The summed E-state index contributed by atoms with van der Waals surface area (Å²) in [4.78, 5) is 0.195. The lowest BCUT2D eigenvalue weighted by Crippen LogP contribution is -2.27. The zero-order valence-corrected chi connectivity index (χ0v) is 17.5. The average molecular weight is 423 g/mol. The van der Waals surface area contributed by atoms with E-state index in [4.69, 9.17) is 9.47 Å². The van der Waals surface area contributed by atoms with Gasteiger partial charge in [-0.15, -0.1) is 0 Å². The van der Waals surface area contributed by atoms with Crippen molar-refractivity contribution in [3.05, 3.63) is 90.0 Å². The van der Waals surface area contributed by atoms with Crippen molar-refractivity contribution in [1.82, 2.24) is 4.41 Å². The lowest BCUT2D eigenvalue weighted by atomic mass is 9.98. The highest BCUT2D eigenvalue weighted by atomic mass is 32.2.